The fourth-order valence-electron chi connectivity index (χ4n) is 1.26. The number of hydrogen-bond acceptors (Lipinski definition) is 4. The minimum Gasteiger partial charge on any atom is -0.380 e. The third-order valence-electron chi connectivity index (χ3n) is 2.21. The van der Waals surface area contributed by atoms with Crippen LogP contribution in [0.2, 0.25) is 0 Å². The van der Waals surface area contributed by atoms with Crippen molar-refractivity contribution in [3.05, 3.63) is 11.8 Å². The van der Waals surface area contributed by atoms with E-state index >= 15 is 0 Å². The van der Waals surface area contributed by atoms with Crippen molar-refractivity contribution < 1.29 is 25.8 Å². The number of halogens is 3. The Morgan fingerprint density at radius 1 is 1.28 bits per heavy atom. The van der Waals surface area contributed by atoms with Crippen LogP contribution < -0.4 is 0 Å². The molecule has 0 unspecified atom stereocenters. The van der Waals surface area contributed by atoms with Crippen molar-refractivity contribution in [1.29, 1.82) is 0 Å². The maximum Gasteiger partial charge on any atom is 0.534 e. The molecule has 1 rings (SSSR count). The smallest absolute Gasteiger partial charge is 0.380 e. The molecule has 0 fully saturated rings. The van der Waals surface area contributed by atoms with Crippen LogP contribution in [0.5, 0.6) is 0 Å². The summed E-state index contributed by atoms with van der Waals surface area (Å²) in [6.07, 6.45) is 1.29. The zero-order chi connectivity index (χ0) is 14.2. The van der Waals surface area contributed by atoms with Gasteiger partial charge in [0.1, 0.15) is 5.76 Å². The van der Waals surface area contributed by atoms with Gasteiger partial charge in [-0.25, -0.2) is 0 Å². The van der Waals surface area contributed by atoms with Gasteiger partial charge >= 0.3 is 15.6 Å². The second-order valence-electron chi connectivity index (χ2n) is 4.86. The van der Waals surface area contributed by atoms with Crippen LogP contribution >= 0.6 is 0 Å². The summed E-state index contributed by atoms with van der Waals surface area (Å²) in [4.78, 5) is 4.13. The first kappa shape index (κ1) is 15.0. The third kappa shape index (κ3) is 3.47. The number of nitrogens with zero attached hydrogens (tertiary/aromatic N) is 1. The summed E-state index contributed by atoms with van der Waals surface area (Å²) >= 11 is 0. The molecule has 104 valence electrons. The predicted octanol–water partition coefficient (Wildman–Crippen LogP) is 2.63. The quantitative estimate of drug-likeness (QED) is 0.579. The third-order valence-corrected chi connectivity index (χ3v) is 3.21. The zero-order valence-electron chi connectivity index (χ0n) is 10.2. The molecular formula is C10H14F3NO3S. The van der Waals surface area contributed by atoms with Gasteiger partial charge in [0.2, 0.25) is 0 Å². The van der Waals surface area contributed by atoms with Crippen LogP contribution in [0.25, 0.3) is 0 Å². The molecule has 0 spiro atoms. The summed E-state index contributed by atoms with van der Waals surface area (Å²) in [5.41, 5.74) is -5.28. The Bertz CT molecular complexity index is 483. The standard InChI is InChI=1S/C10H14F3NO3S/c1-9(2,3)8-6-7(4-5-14-8)17-18(15,16)10(11,12)13/h6H,4-5H2,1-3H3. The highest BCUT2D eigenvalue weighted by Gasteiger charge is 2.49. The van der Waals surface area contributed by atoms with E-state index < -0.39 is 15.6 Å². The molecule has 1 aliphatic rings. The largest absolute Gasteiger partial charge is 0.534 e. The molecular weight excluding hydrogens is 271 g/mol. The van der Waals surface area contributed by atoms with E-state index in [9.17, 15) is 21.6 Å². The molecule has 0 amide bonds. The van der Waals surface area contributed by atoms with E-state index in [4.69, 9.17) is 0 Å². The average Bonchev–Trinajstić information content (AvgIpc) is 2.14. The molecule has 0 atom stereocenters. The molecule has 1 aliphatic heterocycles. The highest BCUT2D eigenvalue weighted by Crippen LogP contribution is 2.29. The molecule has 0 aromatic heterocycles. The molecule has 0 aromatic rings. The fourth-order valence-corrected chi connectivity index (χ4v) is 1.77. The minimum atomic E-state index is -5.59. The van der Waals surface area contributed by atoms with E-state index in [1.807, 2.05) is 20.8 Å². The normalized spacial score (nSPS) is 18.1. The van der Waals surface area contributed by atoms with E-state index in [0.717, 1.165) is 0 Å². The van der Waals surface area contributed by atoms with Crippen LogP contribution in [0.3, 0.4) is 0 Å². The number of hydrogen-bond donors (Lipinski definition) is 0. The average molecular weight is 285 g/mol. The van der Waals surface area contributed by atoms with Crippen molar-refractivity contribution in [2.75, 3.05) is 6.54 Å². The van der Waals surface area contributed by atoms with Gasteiger partial charge in [0.15, 0.2) is 0 Å². The molecule has 8 heteroatoms. The number of aliphatic imine (C=N–C) groups is 1. The zero-order valence-corrected chi connectivity index (χ0v) is 11.0. The fraction of sp³-hybridized carbons (Fsp3) is 0.700. The Morgan fingerprint density at radius 3 is 2.28 bits per heavy atom. The van der Waals surface area contributed by atoms with Gasteiger partial charge in [0.25, 0.3) is 0 Å². The van der Waals surface area contributed by atoms with E-state index in [1.54, 1.807) is 0 Å². The number of dihydropyridines is 1. The predicted molar refractivity (Wildman–Crippen MR) is 60.5 cm³/mol. The van der Waals surface area contributed by atoms with E-state index in [1.165, 1.54) is 6.08 Å². The highest BCUT2D eigenvalue weighted by atomic mass is 32.2. The van der Waals surface area contributed by atoms with Crippen molar-refractivity contribution in [1.82, 2.24) is 0 Å². The number of alkyl halides is 3. The Labute approximate surface area is 104 Å². The van der Waals surface area contributed by atoms with Crippen LogP contribution in [0.15, 0.2) is 16.8 Å². The van der Waals surface area contributed by atoms with E-state index in [2.05, 4.69) is 9.18 Å². The Morgan fingerprint density at radius 2 is 1.83 bits per heavy atom. The molecule has 0 bridgehead atoms. The molecule has 0 aromatic carbocycles. The molecule has 1 heterocycles. The highest BCUT2D eigenvalue weighted by molar-refractivity contribution is 7.87. The SMILES string of the molecule is CC(C)(C)C1=NCCC(OS(=O)(=O)C(F)(F)F)=C1. The van der Waals surface area contributed by atoms with Gasteiger partial charge < -0.3 is 4.18 Å². The van der Waals surface area contributed by atoms with Gasteiger partial charge in [-0.3, -0.25) is 4.99 Å². The molecule has 0 radical (unpaired) electrons. The topological polar surface area (TPSA) is 55.7 Å². The van der Waals surface area contributed by atoms with Gasteiger partial charge in [0, 0.05) is 24.1 Å². The maximum atomic E-state index is 12.1. The summed E-state index contributed by atoms with van der Waals surface area (Å²) < 4.78 is 62.2. The number of rotatable bonds is 2. The lowest BCUT2D eigenvalue weighted by Crippen LogP contribution is -2.27. The monoisotopic (exact) mass is 285 g/mol. The molecule has 0 aliphatic carbocycles. The van der Waals surface area contributed by atoms with Crippen molar-refractivity contribution in [2.24, 2.45) is 10.4 Å². The Balaban J connectivity index is 2.95. The second-order valence-corrected chi connectivity index (χ2v) is 6.40. The van der Waals surface area contributed by atoms with Gasteiger partial charge in [-0.2, -0.15) is 21.6 Å². The number of allylic oxidation sites excluding steroid dienone is 1. The first-order valence-electron chi connectivity index (χ1n) is 5.20. The van der Waals surface area contributed by atoms with E-state index in [-0.39, 0.29) is 24.1 Å². The van der Waals surface area contributed by atoms with Crippen molar-refractivity contribution in [2.45, 2.75) is 32.7 Å². The summed E-state index contributed by atoms with van der Waals surface area (Å²) in [6, 6.07) is 0. The molecule has 0 N–H and O–H groups in total. The van der Waals surface area contributed by atoms with Gasteiger partial charge in [-0.05, 0) is 6.08 Å². The Kier molecular flexibility index (Phi) is 3.81. The van der Waals surface area contributed by atoms with Crippen LogP contribution in [0.4, 0.5) is 13.2 Å². The first-order valence-corrected chi connectivity index (χ1v) is 6.60. The lowest BCUT2D eigenvalue weighted by Gasteiger charge is -2.23. The van der Waals surface area contributed by atoms with Crippen LogP contribution in [0, 0.1) is 5.41 Å². The first-order chi connectivity index (χ1) is 7.93. The molecule has 4 nitrogen and oxygen atoms in total. The van der Waals surface area contributed by atoms with Crippen molar-refractivity contribution in [3.8, 4) is 0 Å². The minimum absolute atomic E-state index is 0.0366. The summed E-state index contributed by atoms with van der Waals surface area (Å²) in [5, 5.41) is 0. The van der Waals surface area contributed by atoms with Gasteiger partial charge in [-0.1, -0.05) is 20.8 Å². The molecule has 0 saturated carbocycles. The van der Waals surface area contributed by atoms with Crippen LogP contribution in [-0.4, -0.2) is 26.2 Å². The summed E-state index contributed by atoms with van der Waals surface area (Å²) in [6.45, 7) is 5.68. The van der Waals surface area contributed by atoms with E-state index in [0.29, 0.717) is 5.71 Å². The second kappa shape index (κ2) is 4.56. The maximum absolute atomic E-state index is 12.1. The summed E-state index contributed by atoms with van der Waals surface area (Å²) in [5.74, 6) is -0.229. The van der Waals surface area contributed by atoms with Crippen molar-refractivity contribution in [3.63, 3.8) is 0 Å². The van der Waals surface area contributed by atoms with Gasteiger partial charge in [0.05, 0.1) is 0 Å². The van der Waals surface area contributed by atoms with Crippen LogP contribution in [0.1, 0.15) is 27.2 Å². The molecule has 18 heavy (non-hydrogen) atoms. The summed E-state index contributed by atoms with van der Waals surface area (Å²) in [7, 11) is -5.59. The lowest BCUT2D eigenvalue weighted by molar-refractivity contribution is -0.0523. The Hall–Kier alpha value is -1.05. The van der Waals surface area contributed by atoms with Crippen LogP contribution in [-0.2, 0) is 14.3 Å². The van der Waals surface area contributed by atoms with Gasteiger partial charge in [-0.15, -0.1) is 0 Å². The lowest BCUT2D eigenvalue weighted by atomic mass is 9.88. The van der Waals surface area contributed by atoms with Crippen molar-refractivity contribution >= 4 is 15.8 Å². The molecule has 0 saturated heterocycles.